The number of ether oxygens (including phenoxy) is 1. The Labute approximate surface area is 239 Å². The van der Waals surface area contributed by atoms with Gasteiger partial charge in [0.05, 0.1) is 0 Å². The zero-order valence-corrected chi connectivity index (χ0v) is 23.5. The number of sulfonamides is 1. The summed E-state index contributed by atoms with van der Waals surface area (Å²) in [6.07, 6.45) is 0.792. The standard InChI is InChI=1S/C23H25F5N8O4S2/c1-35-16(7-17(33-35)40-21(25)26)30-22-32-29-9-36(22)12-2-3-15-13(6-12)18(42(38,39)34-11-4-10(24)5-11)20(41-15)31-19(37)14-8-23(14,27)28/h7,9-12,14,21,34H,2-6,8H2,1H3,(H,30,32)(H,31,37)/t10-,11-,12-,14+/m0/s1. The van der Waals surface area contributed by atoms with Crippen molar-refractivity contribution in [1.82, 2.24) is 29.3 Å². The summed E-state index contributed by atoms with van der Waals surface area (Å²) in [5.41, 5.74) is 0.408. The number of amides is 1. The highest BCUT2D eigenvalue weighted by atomic mass is 32.2. The highest BCUT2D eigenvalue weighted by molar-refractivity contribution is 7.90. The SMILES string of the molecule is Cn1nc(OC(F)F)cc1Nc1nncn1[C@H]1CCc2sc(NC(=O)[C@H]3CC3(F)F)c(S(=O)(=O)N[C@H]3C[C@H](F)C3)c2C1. The molecule has 12 nitrogen and oxygen atoms in total. The molecule has 3 aliphatic carbocycles. The molecule has 0 radical (unpaired) electrons. The Bertz CT molecular complexity index is 1620. The molecule has 19 heteroatoms. The van der Waals surface area contributed by atoms with Crippen molar-refractivity contribution in [2.75, 3.05) is 10.6 Å². The number of halogens is 5. The first kappa shape index (κ1) is 28.8. The maximum Gasteiger partial charge on any atom is 0.388 e. The number of aryl methyl sites for hydroxylation is 2. The number of nitrogens with one attached hydrogen (secondary N) is 3. The van der Waals surface area contributed by atoms with E-state index in [9.17, 15) is 35.2 Å². The van der Waals surface area contributed by atoms with Crippen LogP contribution in [0.1, 0.15) is 42.2 Å². The molecular formula is C23H25F5N8O4S2. The van der Waals surface area contributed by atoms with Gasteiger partial charge in [-0.15, -0.1) is 26.6 Å². The minimum atomic E-state index is -4.27. The molecule has 3 aliphatic rings. The third-order valence-electron chi connectivity index (χ3n) is 7.51. The molecule has 3 N–H and O–H groups in total. The Morgan fingerprint density at radius 2 is 2.02 bits per heavy atom. The van der Waals surface area contributed by atoms with E-state index in [0.29, 0.717) is 23.3 Å². The van der Waals surface area contributed by atoms with Crippen molar-refractivity contribution in [1.29, 1.82) is 0 Å². The summed E-state index contributed by atoms with van der Waals surface area (Å²) in [6, 6.07) is 0.252. The van der Waals surface area contributed by atoms with Crippen molar-refractivity contribution < 1.29 is 39.9 Å². The molecule has 6 rings (SSSR count). The summed E-state index contributed by atoms with van der Waals surface area (Å²) in [5.74, 6) is -5.45. The van der Waals surface area contributed by atoms with Gasteiger partial charge >= 0.3 is 6.61 Å². The Balaban J connectivity index is 1.28. The van der Waals surface area contributed by atoms with Gasteiger partial charge in [0.25, 0.3) is 5.92 Å². The van der Waals surface area contributed by atoms with Gasteiger partial charge < -0.3 is 15.4 Å². The molecule has 0 bridgehead atoms. The van der Waals surface area contributed by atoms with Crippen molar-refractivity contribution in [3.05, 3.63) is 22.8 Å². The van der Waals surface area contributed by atoms with E-state index in [0.717, 1.165) is 11.3 Å². The van der Waals surface area contributed by atoms with Crippen LogP contribution in [0.4, 0.5) is 38.7 Å². The molecule has 2 fully saturated rings. The van der Waals surface area contributed by atoms with E-state index in [1.807, 2.05) is 0 Å². The molecule has 0 aliphatic heterocycles. The molecule has 2 saturated carbocycles. The maximum absolute atomic E-state index is 13.6. The number of rotatable bonds is 10. The van der Waals surface area contributed by atoms with Crippen LogP contribution in [0.3, 0.4) is 0 Å². The summed E-state index contributed by atoms with van der Waals surface area (Å²) < 4.78 is 103. The smallest absolute Gasteiger partial charge is 0.388 e. The molecule has 1 amide bonds. The number of carbonyl (C=O) groups excluding carboxylic acids is 1. The van der Waals surface area contributed by atoms with Crippen LogP contribution in [0.25, 0.3) is 0 Å². The predicted molar refractivity (Wildman–Crippen MR) is 138 cm³/mol. The zero-order valence-electron chi connectivity index (χ0n) is 21.9. The average molecular weight is 637 g/mol. The Morgan fingerprint density at radius 3 is 2.69 bits per heavy atom. The van der Waals surface area contributed by atoms with Gasteiger partial charge in [0, 0.05) is 36.5 Å². The van der Waals surface area contributed by atoms with Gasteiger partial charge in [-0.25, -0.2) is 31.0 Å². The van der Waals surface area contributed by atoms with Crippen LogP contribution >= 0.6 is 11.3 Å². The first-order valence-corrected chi connectivity index (χ1v) is 15.3. The van der Waals surface area contributed by atoms with E-state index in [2.05, 4.69) is 35.4 Å². The Hall–Kier alpha value is -3.32. The van der Waals surface area contributed by atoms with Gasteiger partial charge in [-0.1, -0.05) is 0 Å². The number of hydrogen-bond donors (Lipinski definition) is 3. The summed E-state index contributed by atoms with van der Waals surface area (Å²) in [4.78, 5) is 13.0. The van der Waals surface area contributed by atoms with Crippen molar-refractivity contribution in [2.24, 2.45) is 13.0 Å². The van der Waals surface area contributed by atoms with Gasteiger partial charge in [0.15, 0.2) is 0 Å². The average Bonchev–Trinajstić information content (AvgIpc) is 3.23. The summed E-state index contributed by atoms with van der Waals surface area (Å²) in [5, 5.41) is 17.2. The fourth-order valence-corrected chi connectivity index (χ4v) is 8.42. The highest BCUT2D eigenvalue weighted by Crippen LogP contribution is 2.50. The van der Waals surface area contributed by atoms with Crippen LogP contribution in [0.5, 0.6) is 5.88 Å². The second kappa shape index (κ2) is 10.4. The van der Waals surface area contributed by atoms with E-state index >= 15 is 0 Å². The Morgan fingerprint density at radius 1 is 1.29 bits per heavy atom. The second-order valence-corrected chi connectivity index (χ2v) is 13.3. The fourth-order valence-electron chi connectivity index (χ4n) is 5.18. The van der Waals surface area contributed by atoms with E-state index in [4.69, 9.17) is 0 Å². The van der Waals surface area contributed by atoms with Gasteiger partial charge in [0.2, 0.25) is 27.8 Å². The van der Waals surface area contributed by atoms with Crippen LogP contribution in [0.2, 0.25) is 0 Å². The zero-order chi connectivity index (χ0) is 30.0. The monoisotopic (exact) mass is 636 g/mol. The topological polar surface area (TPSA) is 145 Å². The lowest BCUT2D eigenvalue weighted by Gasteiger charge is -2.30. The van der Waals surface area contributed by atoms with E-state index < -0.39 is 53.0 Å². The number of hydrogen-bond acceptors (Lipinski definition) is 9. The van der Waals surface area contributed by atoms with Crippen molar-refractivity contribution in [3.63, 3.8) is 0 Å². The molecule has 0 spiro atoms. The first-order chi connectivity index (χ1) is 19.8. The largest absolute Gasteiger partial charge is 0.415 e. The van der Waals surface area contributed by atoms with Gasteiger partial charge in [-0.2, -0.15) is 8.78 Å². The maximum atomic E-state index is 13.6. The first-order valence-electron chi connectivity index (χ1n) is 13.0. The normalized spacial score (nSPS) is 24.6. The van der Waals surface area contributed by atoms with E-state index in [1.165, 1.54) is 24.1 Å². The molecule has 0 aromatic carbocycles. The van der Waals surface area contributed by atoms with E-state index in [-0.39, 0.29) is 52.8 Å². The molecule has 228 valence electrons. The molecule has 0 saturated heterocycles. The van der Waals surface area contributed by atoms with Crippen LogP contribution in [0.15, 0.2) is 17.3 Å². The number of aromatic nitrogens is 5. The van der Waals surface area contributed by atoms with E-state index in [1.54, 1.807) is 4.57 Å². The van der Waals surface area contributed by atoms with Crippen molar-refractivity contribution >= 4 is 44.0 Å². The molecular weight excluding hydrogens is 611 g/mol. The van der Waals surface area contributed by atoms with Crippen LogP contribution in [-0.4, -0.2) is 63.6 Å². The van der Waals surface area contributed by atoms with Crippen molar-refractivity contribution in [3.8, 4) is 5.88 Å². The van der Waals surface area contributed by atoms with Crippen LogP contribution in [0, 0.1) is 5.92 Å². The summed E-state index contributed by atoms with van der Waals surface area (Å²) >= 11 is 1.02. The number of fused-ring (bicyclic) bond motifs is 1. The van der Waals surface area contributed by atoms with Crippen LogP contribution < -0.4 is 20.1 Å². The molecule has 3 aromatic heterocycles. The van der Waals surface area contributed by atoms with Gasteiger partial charge in [0.1, 0.15) is 34.1 Å². The third-order valence-corrected chi connectivity index (χ3v) is 10.5. The summed E-state index contributed by atoms with van der Waals surface area (Å²) in [6.45, 7) is -3.06. The third kappa shape index (κ3) is 5.56. The molecule has 3 aromatic rings. The lowest BCUT2D eigenvalue weighted by molar-refractivity contribution is -0.119. The predicted octanol–water partition coefficient (Wildman–Crippen LogP) is 3.52. The lowest BCUT2D eigenvalue weighted by atomic mass is 9.92. The van der Waals surface area contributed by atoms with Gasteiger partial charge in [-0.05, 0) is 37.7 Å². The molecule has 2 atom stereocenters. The number of alkyl halides is 5. The minimum absolute atomic E-state index is 0.0119. The Kier molecular flexibility index (Phi) is 7.16. The minimum Gasteiger partial charge on any atom is -0.415 e. The fraction of sp³-hybridized carbons (Fsp3) is 0.565. The number of thiophene rings is 1. The second-order valence-electron chi connectivity index (χ2n) is 10.5. The molecule has 42 heavy (non-hydrogen) atoms. The molecule has 3 heterocycles. The summed E-state index contributed by atoms with van der Waals surface area (Å²) in [7, 11) is -2.76. The highest BCUT2D eigenvalue weighted by Gasteiger charge is 2.61. The molecule has 0 unspecified atom stereocenters. The van der Waals surface area contributed by atoms with Crippen LogP contribution in [-0.2, 0) is 34.7 Å². The number of anilines is 3. The number of nitrogens with zero attached hydrogens (tertiary/aromatic N) is 5. The van der Waals surface area contributed by atoms with Gasteiger partial charge in [-0.3, -0.25) is 9.36 Å². The quantitative estimate of drug-likeness (QED) is 0.287. The lowest BCUT2D eigenvalue weighted by Crippen LogP contribution is -2.45. The number of carbonyl (C=O) groups is 1. The van der Waals surface area contributed by atoms with Crippen molar-refractivity contribution in [2.45, 2.75) is 74.2 Å².